The fraction of sp³-hybridized carbons (Fsp3) is 0.312. The van der Waals surface area contributed by atoms with Crippen molar-refractivity contribution in [2.24, 2.45) is 0 Å². The molecule has 0 aliphatic carbocycles. The average Bonchev–Trinajstić information content (AvgIpc) is 3.02. The van der Waals surface area contributed by atoms with Crippen molar-refractivity contribution in [3.63, 3.8) is 0 Å². The van der Waals surface area contributed by atoms with E-state index in [1.807, 2.05) is 12.1 Å². The van der Waals surface area contributed by atoms with Crippen molar-refractivity contribution in [1.29, 1.82) is 0 Å². The first-order chi connectivity index (χ1) is 11.2. The summed E-state index contributed by atoms with van der Waals surface area (Å²) in [4.78, 5) is 20.2. The van der Waals surface area contributed by atoms with Crippen LogP contribution in [0.15, 0.2) is 30.6 Å². The van der Waals surface area contributed by atoms with Gasteiger partial charge in [-0.25, -0.2) is 14.8 Å². The van der Waals surface area contributed by atoms with Crippen LogP contribution in [0.1, 0.15) is 24.2 Å². The van der Waals surface area contributed by atoms with E-state index in [9.17, 15) is 4.79 Å². The summed E-state index contributed by atoms with van der Waals surface area (Å²) in [7, 11) is 0. The highest BCUT2D eigenvalue weighted by atomic mass is 35.5. The Morgan fingerprint density at radius 1 is 1.39 bits per heavy atom. The van der Waals surface area contributed by atoms with Crippen LogP contribution in [0.25, 0.3) is 0 Å². The Kier molecular flexibility index (Phi) is 4.62. The number of hydrogen-bond acceptors (Lipinski definition) is 6. The SMILES string of the molecule is CCOC(=O)C(Oc1ncc(Cl)cn1)c1ccc2c(c1)CCO2. The van der Waals surface area contributed by atoms with E-state index in [4.69, 9.17) is 25.8 Å². The maximum Gasteiger partial charge on any atom is 0.352 e. The summed E-state index contributed by atoms with van der Waals surface area (Å²) in [5.74, 6) is 0.337. The van der Waals surface area contributed by atoms with Crippen molar-refractivity contribution in [3.05, 3.63) is 46.7 Å². The molecule has 0 N–H and O–H groups in total. The molecule has 0 radical (unpaired) electrons. The minimum atomic E-state index is -0.943. The summed E-state index contributed by atoms with van der Waals surface area (Å²) >= 11 is 5.76. The van der Waals surface area contributed by atoms with Crippen molar-refractivity contribution in [2.75, 3.05) is 13.2 Å². The van der Waals surface area contributed by atoms with E-state index >= 15 is 0 Å². The van der Waals surface area contributed by atoms with Gasteiger partial charge in [0.1, 0.15) is 5.75 Å². The summed E-state index contributed by atoms with van der Waals surface area (Å²) in [6, 6.07) is 5.56. The van der Waals surface area contributed by atoms with Crippen LogP contribution in [0, 0.1) is 0 Å². The molecular weight excluding hydrogens is 320 g/mol. The number of rotatable bonds is 5. The van der Waals surface area contributed by atoms with E-state index in [0.717, 1.165) is 17.7 Å². The van der Waals surface area contributed by atoms with E-state index in [0.29, 0.717) is 17.2 Å². The molecule has 0 amide bonds. The molecule has 120 valence electrons. The minimum Gasteiger partial charge on any atom is -0.493 e. The zero-order valence-electron chi connectivity index (χ0n) is 12.5. The van der Waals surface area contributed by atoms with Crippen LogP contribution < -0.4 is 9.47 Å². The number of nitrogens with zero attached hydrogens (tertiary/aromatic N) is 2. The molecular formula is C16H15ClN2O4. The molecule has 2 heterocycles. The van der Waals surface area contributed by atoms with Crippen LogP contribution >= 0.6 is 11.6 Å². The zero-order chi connectivity index (χ0) is 16.2. The van der Waals surface area contributed by atoms with Crippen LogP contribution in [0.3, 0.4) is 0 Å². The average molecular weight is 335 g/mol. The molecule has 0 spiro atoms. The molecule has 23 heavy (non-hydrogen) atoms. The normalized spacial score (nSPS) is 13.8. The molecule has 1 aromatic heterocycles. The number of esters is 1. The van der Waals surface area contributed by atoms with Crippen LogP contribution in [-0.2, 0) is 16.0 Å². The van der Waals surface area contributed by atoms with Gasteiger partial charge in [0.15, 0.2) is 0 Å². The largest absolute Gasteiger partial charge is 0.493 e. The summed E-state index contributed by atoms with van der Waals surface area (Å²) in [5, 5.41) is 0.389. The van der Waals surface area contributed by atoms with E-state index in [2.05, 4.69) is 9.97 Å². The predicted octanol–water partition coefficient (Wildman–Crippen LogP) is 2.75. The predicted molar refractivity (Wildman–Crippen MR) is 82.7 cm³/mol. The van der Waals surface area contributed by atoms with Gasteiger partial charge in [-0.1, -0.05) is 17.7 Å². The Balaban J connectivity index is 1.88. The Labute approximate surface area is 138 Å². The van der Waals surface area contributed by atoms with Gasteiger partial charge < -0.3 is 14.2 Å². The van der Waals surface area contributed by atoms with Gasteiger partial charge in [-0.05, 0) is 24.6 Å². The number of halogens is 1. The topological polar surface area (TPSA) is 70.5 Å². The Hall–Kier alpha value is -2.34. The first-order valence-electron chi connectivity index (χ1n) is 7.24. The molecule has 1 atom stereocenters. The van der Waals surface area contributed by atoms with Crippen LogP contribution in [0.2, 0.25) is 5.02 Å². The van der Waals surface area contributed by atoms with Gasteiger partial charge in [0.05, 0.1) is 30.6 Å². The van der Waals surface area contributed by atoms with Gasteiger partial charge in [-0.3, -0.25) is 0 Å². The summed E-state index contributed by atoms with van der Waals surface area (Å²) in [6.45, 7) is 2.64. The van der Waals surface area contributed by atoms with Crippen molar-refractivity contribution in [3.8, 4) is 11.8 Å². The maximum absolute atomic E-state index is 12.3. The van der Waals surface area contributed by atoms with Gasteiger partial charge in [-0.2, -0.15) is 0 Å². The summed E-state index contributed by atoms with van der Waals surface area (Å²) in [5.41, 5.74) is 1.71. The maximum atomic E-state index is 12.3. The van der Waals surface area contributed by atoms with Gasteiger partial charge in [0, 0.05) is 12.0 Å². The second-order valence-electron chi connectivity index (χ2n) is 4.90. The molecule has 6 nitrogen and oxygen atoms in total. The lowest BCUT2D eigenvalue weighted by molar-refractivity contribution is -0.152. The molecule has 1 aliphatic rings. The quantitative estimate of drug-likeness (QED) is 0.783. The lowest BCUT2D eigenvalue weighted by Gasteiger charge is -2.17. The monoisotopic (exact) mass is 334 g/mol. The van der Waals surface area contributed by atoms with E-state index in [-0.39, 0.29) is 12.6 Å². The van der Waals surface area contributed by atoms with Gasteiger partial charge in [0.2, 0.25) is 6.10 Å². The van der Waals surface area contributed by atoms with Crippen molar-refractivity contribution in [2.45, 2.75) is 19.4 Å². The van der Waals surface area contributed by atoms with E-state index < -0.39 is 12.1 Å². The number of carbonyl (C=O) groups is 1. The van der Waals surface area contributed by atoms with Gasteiger partial charge in [-0.15, -0.1) is 0 Å². The van der Waals surface area contributed by atoms with Gasteiger partial charge >= 0.3 is 12.0 Å². The first kappa shape index (κ1) is 15.6. The van der Waals surface area contributed by atoms with E-state index in [1.54, 1.807) is 13.0 Å². The third-order valence-electron chi connectivity index (χ3n) is 3.34. The second-order valence-corrected chi connectivity index (χ2v) is 5.34. The number of carbonyl (C=O) groups excluding carboxylic acids is 1. The number of aromatic nitrogens is 2. The molecule has 2 aromatic rings. The van der Waals surface area contributed by atoms with Crippen LogP contribution in [0.5, 0.6) is 11.8 Å². The lowest BCUT2D eigenvalue weighted by Crippen LogP contribution is -2.22. The third kappa shape index (κ3) is 3.53. The third-order valence-corrected chi connectivity index (χ3v) is 3.53. The van der Waals surface area contributed by atoms with Crippen molar-refractivity contribution in [1.82, 2.24) is 9.97 Å². The number of hydrogen-bond donors (Lipinski definition) is 0. The standard InChI is InChI=1S/C16H15ClN2O4/c1-2-21-15(20)14(23-16-18-8-12(17)9-19-16)11-3-4-13-10(7-11)5-6-22-13/h3-4,7-9,14H,2,5-6H2,1H3. The number of benzene rings is 1. The molecule has 1 aliphatic heterocycles. The lowest BCUT2D eigenvalue weighted by atomic mass is 10.0. The summed E-state index contributed by atoms with van der Waals surface area (Å²) in [6.07, 6.45) is 2.67. The van der Waals surface area contributed by atoms with Crippen LogP contribution in [0.4, 0.5) is 0 Å². The Morgan fingerprint density at radius 3 is 2.91 bits per heavy atom. The van der Waals surface area contributed by atoms with Crippen molar-refractivity contribution >= 4 is 17.6 Å². The van der Waals surface area contributed by atoms with E-state index in [1.165, 1.54) is 12.4 Å². The second kappa shape index (κ2) is 6.83. The molecule has 7 heteroatoms. The molecule has 0 saturated carbocycles. The number of ether oxygens (including phenoxy) is 3. The summed E-state index contributed by atoms with van der Waals surface area (Å²) < 4.78 is 16.2. The smallest absolute Gasteiger partial charge is 0.352 e. The Bertz CT molecular complexity index is 706. The van der Waals surface area contributed by atoms with Crippen molar-refractivity contribution < 1.29 is 19.0 Å². The molecule has 0 fully saturated rings. The zero-order valence-corrected chi connectivity index (χ0v) is 13.2. The minimum absolute atomic E-state index is 0.0594. The fourth-order valence-electron chi connectivity index (χ4n) is 2.31. The fourth-order valence-corrected chi connectivity index (χ4v) is 2.40. The highest BCUT2D eigenvalue weighted by Crippen LogP contribution is 2.30. The Morgan fingerprint density at radius 2 is 2.17 bits per heavy atom. The molecule has 1 unspecified atom stereocenters. The van der Waals surface area contributed by atoms with Gasteiger partial charge in [0.25, 0.3) is 0 Å². The highest BCUT2D eigenvalue weighted by Gasteiger charge is 2.27. The molecule has 3 rings (SSSR count). The molecule has 0 saturated heterocycles. The molecule has 1 aromatic carbocycles. The van der Waals surface area contributed by atoms with Crippen LogP contribution in [-0.4, -0.2) is 29.2 Å². The first-order valence-corrected chi connectivity index (χ1v) is 7.61. The molecule has 0 bridgehead atoms. The highest BCUT2D eigenvalue weighted by molar-refractivity contribution is 6.30. The number of fused-ring (bicyclic) bond motifs is 1.